The van der Waals surface area contributed by atoms with Gasteiger partial charge in [-0.1, -0.05) is 49.4 Å². The van der Waals surface area contributed by atoms with Crippen LogP contribution in [0.1, 0.15) is 36.8 Å². The van der Waals surface area contributed by atoms with Gasteiger partial charge in [0.2, 0.25) is 5.91 Å². The Bertz CT molecular complexity index is 894. The van der Waals surface area contributed by atoms with Crippen LogP contribution >= 0.6 is 23.1 Å². The standard InChI is InChI=1S/C22H24N2O2S2/c1-3-17-9-11-20(12-10-17)24(16(2)25)22-23-19(14-28-22)13-27-15-21(26)18-7-5-4-6-8-18/h4-12,14,21,26H,3,13,15H2,1-2H3. The van der Waals surface area contributed by atoms with E-state index in [4.69, 9.17) is 0 Å². The molecule has 3 rings (SSSR count). The minimum Gasteiger partial charge on any atom is -0.388 e. The minimum absolute atomic E-state index is 0.0581. The number of amides is 1. The monoisotopic (exact) mass is 412 g/mol. The highest BCUT2D eigenvalue weighted by molar-refractivity contribution is 7.98. The fourth-order valence-corrected chi connectivity index (χ4v) is 4.70. The number of anilines is 2. The van der Waals surface area contributed by atoms with Crippen molar-refractivity contribution in [1.29, 1.82) is 0 Å². The molecule has 0 saturated heterocycles. The summed E-state index contributed by atoms with van der Waals surface area (Å²) in [6.45, 7) is 3.66. The van der Waals surface area contributed by atoms with Crippen LogP contribution in [0.25, 0.3) is 0 Å². The van der Waals surface area contributed by atoms with Gasteiger partial charge in [-0.15, -0.1) is 11.3 Å². The Labute approximate surface area is 174 Å². The van der Waals surface area contributed by atoms with Gasteiger partial charge in [-0.2, -0.15) is 11.8 Å². The summed E-state index contributed by atoms with van der Waals surface area (Å²) in [6.07, 6.45) is 0.475. The first-order valence-electron chi connectivity index (χ1n) is 9.23. The van der Waals surface area contributed by atoms with E-state index in [1.54, 1.807) is 23.6 Å². The smallest absolute Gasteiger partial charge is 0.230 e. The van der Waals surface area contributed by atoms with Crippen LogP contribution in [0.15, 0.2) is 60.0 Å². The molecule has 2 aromatic carbocycles. The number of carbonyl (C=O) groups excluding carboxylic acids is 1. The van der Waals surface area contributed by atoms with Crippen molar-refractivity contribution in [1.82, 2.24) is 4.98 Å². The molecule has 0 fully saturated rings. The second kappa shape index (κ2) is 9.87. The first kappa shape index (κ1) is 20.6. The number of hydrogen-bond donors (Lipinski definition) is 1. The first-order chi connectivity index (χ1) is 13.6. The van der Waals surface area contributed by atoms with Crippen LogP contribution in [0.2, 0.25) is 0 Å². The maximum atomic E-state index is 12.2. The number of thioether (sulfide) groups is 1. The molecule has 1 aromatic heterocycles. The van der Waals surface area contributed by atoms with E-state index in [0.717, 1.165) is 23.4 Å². The molecule has 0 radical (unpaired) electrons. The summed E-state index contributed by atoms with van der Waals surface area (Å²) in [4.78, 5) is 18.5. The second-order valence-corrected chi connectivity index (χ2v) is 8.30. The van der Waals surface area contributed by atoms with Gasteiger partial charge in [-0.25, -0.2) is 4.98 Å². The lowest BCUT2D eigenvalue weighted by Gasteiger charge is -2.18. The molecule has 1 amide bonds. The zero-order valence-electron chi connectivity index (χ0n) is 16.0. The quantitative estimate of drug-likeness (QED) is 0.541. The van der Waals surface area contributed by atoms with Crippen molar-refractivity contribution in [2.45, 2.75) is 32.1 Å². The number of carbonyl (C=O) groups is 1. The van der Waals surface area contributed by atoms with Crippen molar-refractivity contribution < 1.29 is 9.90 Å². The number of nitrogens with zero attached hydrogens (tertiary/aromatic N) is 2. The summed E-state index contributed by atoms with van der Waals surface area (Å²) in [6, 6.07) is 17.7. The molecule has 0 aliphatic carbocycles. The molecule has 0 bridgehead atoms. The fourth-order valence-electron chi connectivity index (χ4n) is 2.82. The molecule has 4 nitrogen and oxygen atoms in total. The molecule has 3 aromatic rings. The summed E-state index contributed by atoms with van der Waals surface area (Å²) in [5.41, 5.74) is 3.91. The van der Waals surface area contributed by atoms with Crippen molar-refractivity contribution in [3.63, 3.8) is 0 Å². The van der Waals surface area contributed by atoms with Crippen LogP contribution < -0.4 is 4.90 Å². The van der Waals surface area contributed by atoms with Gasteiger partial charge < -0.3 is 5.11 Å². The number of aryl methyl sites for hydroxylation is 1. The topological polar surface area (TPSA) is 53.4 Å². The molecule has 146 valence electrons. The van der Waals surface area contributed by atoms with Crippen molar-refractivity contribution in [2.75, 3.05) is 10.7 Å². The Kier molecular flexibility index (Phi) is 7.25. The molecule has 1 unspecified atom stereocenters. The van der Waals surface area contributed by atoms with E-state index in [-0.39, 0.29) is 5.91 Å². The molecule has 28 heavy (non-hydrogen) atoms. The molecule has 0 spiro atoms. The zero-order valence-corrected chi connectivity index (χ0v) is 17.7. The normalized spacial score (nSPS) is 12.0. The van der Waals surface area contributed by atoms with Gasteiger partial charge in [-0.3, -0.25) is 9.69 Å². The van der Waals surface area contributed by atoms with Crippen LogP contribution in [0.5, 0.6) is 0 Å². The molecule has 6 heteroatoms. The average molecular weight is 413 g/mol. The Hall–Kier alpha value is -2.15. The van der Waals surface area contributed by atoms with Gasteiger partial charge in [0, 0.05) is 23.8 Å². The fraction of sp³-hybridized carbons (Fsp3) is 0.273. The van der Waals surface area contributed by atoms with E-state index in [1.807, 2.05) is 60.0 Å². The third-order valence-corrected chi connectivity index (χ3v) is 6.28. The predicted molar refractivity (Wildman–Crippen MR) is 118 cm³/mol. The maximum absolute atomic E-state index is 12.2. The first-order valence-corrected chi connectivity index (χ1v) is 11.3. The van der Waals surface area contributed by atoms with Gasteiger partial charge in [0.15, 0.2) is 5.13 Å². The summed E-state index contributed by atoms with van der Waals surface area (Å²) in [5, 5.41) is 12.9. The second-order valence-electron chi connectivity index (χ2n) is 6.44. The SMILES string of the molecule is CCc1ccc(N(C(C)=O)c2nc(CSCC(O)c3ccccc3)cs2)cc1. The van der Waals surface area contributed by atoms with Gasteiger partial charge in [0.25, 0.3) is 0 Å². The number of aliphatic hydroxyl groups excluding tert-OH is 1. The maximum Gasteiger partial charge on any atom is 0.230 e. The Morgan fingerprint density at radius 3 is 2.54 bits per heavy atom. The predicted octanol–water partition coefficient (Wildman–Crippen LogP) is 5.36. The van der Waals surface area contributed by atoms with E-state index < -0.39 is 6.10 Å². The largest absolute Gasteiger partial charge is 0.388 e. The van der Waals surface area contributed by atoms with Crippen molar-refractivity contribution >= 4 is 39.8 Å². The van der Waals surface area contributed by atoms with Crippen LogP contribution in [0.3, 0.4) is 0 Å². The number of hydrogen-bond acceptors (Lipinski definition) is 5. The zero-order chi connectivity index (χ0) is 19.9. The molecule has 0 aliphatic rings. The van der Waals surface area contributed by atoms with Gasteiger partial charge >= 0.3 is 0 Å². The highest BCUT2D eigenvalue weighted by Crippen LogP contribution is 2.31. The van der Waals surface area contributed by atoms with Gasteiger partial charge in [0.1, 0.15) is 0 Å². The lowest BCUT2D eigenvalue weighted by atomic mass is 10.1. The van der Waals surface area contributed by atoms with Crippen molar-refractivity contribution in [3.8, 4) is 0 Å². The number of thiazole rings is 1. The third kappa shape index (κ3) is 5.22. The number of aliphatic hydroxyl groups is 1. The lowest BCUT2D eigenvalue weighted by Crippen LogP contribution is -2.22. The van der Waals surface area contributed by atoms with Crippen LogP contribution in [0.4, 0.5) is 10.8 Å². The van der Waals surface area contributed by atoms with Crippen LogP contribution in [-0.4, -0.2) is 21.8 Å². The highest BCUT2D eigenvalue weighted by atomic mass is 32.2. The Balaban J connectivity index is 1.63. The minimum atomic E-state index is -0.491. The average Bonchev–Trinajstić information content (AvgIpc) is 3.17. The van der Waals surface area contributed by atoms with Crippen molar-refractivity contribution in [2.24, 2.45) is 0 Å². The summed E-state index contributed by atoms with van der Waals surface area (Å²) >= 11 is 3.10. The molecular weight excluding hydrogens is 388 g/mol. The molecule has 0 aliphatic heterocycles. The van der Waals surface area contributed by atoms with E-state index in [9.17, 15) is 9.90 Å². The molecule has 0 saturated carbocycles. The van der Waals surface area contributed by atoms with Gasteiger partial charge in [-0.05, 0) is 29.7 Å². The summed E-state index contributed by atoms with van der Waals surface area (Å²) in [7, 11) is 0. The lowest BCUT2D eigenvalue weighted by molar-refractivity contribution is -0.115. The number of benzene rings is 2. The summed E-state index contributed by atoms with van der Waals surface area (Å²) in [5.74, 6) is 1.24. The molecule has 1 heterocycles. The number of rotatable bonds is 8. The Morgan fingerprint density at radius 2 is 1.89 bits per heavy atom. The van der Waals surface area contributed by atoms with Crippen LogP contribution in [-0.2, 0) is 17.0 Å². The third-order valence-electron chi connectivity index (χ3n) is 4.36. The van der Waals surface area contributed by atoms with E-state index in [2.05, 4.69) is 11.9 Å². The molecular formula is C22H24N2O2S2. The summed E-state index contributed by atoms with van der Waals surface area (Å²) < 4.78 is 0. The number of aromatic nitrogens is 1. The molecule has 1 atom stereocenters. The molecule has 1 N–H and O–H groups in total. The van der Waals surface area contributed by atoms with Crippen molar-refractivity contribution in [3.05, 3.63) is 76.8 Å². The Morgan fingerprint density at radius 1 is 1.18 bits per heavy atom. The van der Waals surface area contributed by atoms with E-state index in [0.29, 0.717) is 16.6 Å². The van der Waals surface area contributed by atoms with Crippen LogP contribution in [0, 0.1) is 0 Å². The van der Waals surface area contributed by atoms with E-state index in [1.165, 1.54) is 16.9 Å². The van der Waals surface area contributed by atoms with E-state index >= 15 is 0 Å². The highest BCUT2D eigenvalue weighted by Gasteiger charge is 2.18. The van der Waals surface area contributed by atoms with Gasteiger partial charge in [0.05, 0.1) is 17.5 Å².